The summed E-state index contributed by atoms with van der Waals surface area (Å²) < 4.78 is 8.36. The Morgan fingerprint density at radius 2 is 2.19 bits per heavy atom. The molecule has 9 nitrogen and oxygen atoms in total. The number of urea groups is 1. The molecule has 142 valence electrons. The third-order valence-electron chi connectivity index (χ3n) is 4.86. The molecule has 9 heteroatoms. The Kier molecular flexibility index (Phi) is 4.35. The zero-order chi connectivity index (χ0) is 19.0. The fourth-order valence-electron chi connectivity index (χ4n) is 3.47. The molecule has 3 heterocycles. The number of hydrogen-bond acceptors (Lipinski definition) is 5. The number of hydrogen-bond donors (Lipinski definition) is 2. The van der Waals surface area contributed by atoms with Gasteiger partial charge in [0.05, 0.1) is 17.4 Å². The van der Waals surface area contributed by atoms with Crippen LogP contribution in [-0.4, -0.2) is 39.5 Å². The highest BCUT2D eigenvalue weighted by atomic mass is 16.4. The van der Waals surface area contributed by atoms with Crippen LogP contribution in [-0.2, 0) is 14.1 Å². The number of nitrogens with one attached hydrogen (secondary N) is 2. The van der Waals surface area contributed by atoms with E-state index in [-0.39, 0.29) is 12.1 Å². The maximum absolute atomic E-state index is 12.4. The molecule has 2 amide bonds. The number of carbonyl (C=O) groups excluding carboxylic acids is 1. The van der Waals surface area contributed by atoms with Crippen LogP contribution in [0, 0.1) is 0 Å². The molecule has 1 unspecified atom stereocenters. The first kappa shape index (κ1) is 17.2. The molecule has 0 bridgehead atoms. The summed E-state index contributed by atoms with van der Waals surface area (Å²) in [5.41, 5.74) is 2.77. The van der Waals surface area contributed by atoms with Gasteiger partial charge in [0.15, 0.2) is 5.58 Å². The number of aryl methyl sites for hydroxylation is 2. The van der Waals surface area contributed by atoms with E-state index >= 15 is 0 Å². The lowest BCUT2D eigenvalue weighted by Crippen LogP contribution is -2.48. The molecule has 0 saturated carbocycles. The summed E-state index contributed by atoms with van der Waals surface area (Å²) in [7, 11) is 3.54. The fourth-order valence-corrected chi connectivity index (χ4v) is 3.47. The van der Waals surface area contributed by atoms with E-state index in [2.05, 4.69) is 20.6 Å². The Morgan fingerprint density at radius 1 is 1.33 bits per heavy atom. The molecule has 1 fully saturated rings. The summed E-state index contributed by atoms with van der Waals surface area (Å²) in [6.07, 6.45) is 5.74. The summed E-state index contributed by atoms with van der Waals surface area (Å²) in [6, 6.07) is 4.93. The minimum absolute atomic E-state index is 0.0531. The van der Waals surface area contributed by atoms with E-state index in [1.807, 2.05) is 19.4 Å². The van der Waals surface area contributed by atoms with Crippen LogP contribution in [0.1, 0.15) is 12.8 Å². The summed E-state index contributed by atoms with van der Waals surface area (Å²) in [5.74, 6) is -0.427. The number of rotatable bonds is 3. The van der Waals surface area contributed by atoms with Crippen LogP contribution >= 0.6 is 0 Å². The largest absolute Gasteiger partial charge is 0.419 e. The van der Waals surface area contributed by atoms with Crippen molar-refractivity contribution in [3.8, 4) is 0 Å². The number of anilines is 2. The van der Waals surface area contributed by atoms with Gasteiger partial charge < -0.3 is 20.0 Å². The molecule has 0 radical (unpaired) electrons. The van der Waals surface area contributed by atoms with Crippen LogP contribution in [0.5, 0.6) is 0 Å². The van der Waals surface area contributed by atoms with Gasteiger partial charge in [0.2, 0.25) is 0 Å². The van der Waals surface area contributed by atoms with Crippen LogP contribution in [0.4, 0.5) is 16.2 Å². The van der Waals surface area contributed by atoms with Crippen molar-refractivity contribution >= 4 is 28.5 Å². The predicted molar refractivity (Wildman–Crippen MR) is 102 cm³/mol. The molecule has 1 saturated heterocycles. The van der Waals surface area contributed by atoms with E-state index in [4.69, 9.17) is 4.42 Å². The van der Waals surface area contributed by atoms with Crippen molar-refractivity contribution in [2.75, 3.05) is 23.3 Å². The van der Waals surface area contributed by atoms with Crippen molar-refractivity contribution in [2.24, 2.45) is 14.1 Å². The van der Waals surface area contributed by atoms with Crippen LogP contribution < -0.4 is 21.3 Å². The minimum atomic E-state index is -0.427. The lowest BCUT2D eigenvalue weighted by Gasteiger charge is -2.33. The number of oxazole rings is 1. The summed E-state index contributed by atoms with van der Waals surface area (Å²) in [5, 5.41) is 10.0. The molecule has 3 aromatic rings. The van der Waals surface area contributed by atoms with E-state index in [9.17, 15) is 9.59 Å². The Morgan fingerprint density at radius 3 is 2.96 bits per heavy atom. The van der Waals surface area contributed by atoms with Gasteiger partial charge in [-0.25, -0.2) is 9.59 Å². The Hall–Kier alpha value is -3.23. The van der Waals surface area contributed by atoms with Crippen molar-refractivity contribution in [2.45, 2.75) is 18.9 Å². The van der Waals surface area contributed by atoms with Crippen molar-refractivity contribution in [1.29, 1.82) is 0 Å². The second-order valence-corrected chi connectivity index (χ2v) is 6.87. The van der Waals surface area contributed by atoms with E-state index in [1.54, 1.807) is 29.9 Å². The minimum Gasteiger partial charge on any atom is -0.408 e. The molecular weight excluding hydrogens is 348 g/mol. The highest BCUT2D eigenvalue weighted by Gasteiger charge is 2.22. The third-order valence-corrected chi connectivity index (χ3v) is 4.86. The Bertz CT molecular complexity index is 1030. The SMILES string of the molecule is Cn1cc(N2CCCC(NC(=O)Nc3ccc4c(c3)oc(=O)n4C)C2)cn1. The molecule has 2 aromatic heterocycles. The first-order valence-electron chi connectivity index (χ1n) is 8.90. The Balaban J connectivity index is 1.39. The molecule has 1 aliphatic heterocycles. The highest BCUT2D eigenvalue weighted by Crippen LogP contribution is 2.20. The number of carbonyl (C=O) groups is 1. The second kappa shape index (κ2) is 6.82. The average Bonchev–Trinajstić information content (AvgIpc) is 3.19. The normalized spacial score (nSPS) is 17.3. The number of amides is 2. The molecular formula is C18H22N6O3. The van der Waals surface area contributed by atoms with Crippen LogP contribution in [0.3, 0.4) is 0 Å². The van der Waals surface area contributed by atoms with Gasteiger partial charge in [0.1, 0.15) is 0 Å². The molecule has 0 spiro atoms. The van der Waals surface area contributed by atoms with Gasteiger partial charge in [0, 0.05) is 51.2 Å². The maximum atomic E-state index is 12.4. The monoisotopic (exact) mass is 370 g/mol. The van der Waals surface area contributed by atoms with Crippen LogP contribution in [0.2, 0.25) is 0 Å². The van der Waals surface area contributed by atoms with E-state index in [0.29, 0.717) is 16.8 Å². The lowest BCUT2D eigenvalue weighted by molar-refractivity contribution is 0.246. The first-order chi connectivity index (χ1) is 13.0. The Labute approximate surface area is 155 Å². The molecule has 1 aliphatic rings. The highest BCUT2D eigenvalue weighted by molar-refractivity contribution is 5.91. The predicted octanol–water partition coefficient (Wildman–Crippen LogP) is 1.66. The van der Waals surface area contributed by atoms with Crippen molar-refractivity contribution in [3.05, 3.63) is 41.1 Å². The van der Waals surface area contributed by atoms with Crippen molar-refractivity contribution < 1.29 is 9.21 Å². The molecule has 2 N–H and O–H groups in total. The summed E-state index contributed by atoms with van der Waals surface area (Å²) >= 11 is 0. The number of benzene rings is 1. The zero-order valence-corrected chi connectivity index (χ0v) is 15.3. The van der Waals surface area contributed by atoms with Gasteiger partial charge in [0.25, 0.3) is 0 Å². The van der Waals surface area contributed by atoms with Gasteiger partial charge in [-0.1, -0.05) is 0 Å². The second-order valence-electron chi connectivity index (χ2n) is 6.87. The van der Waals surface area contributed by atoms with E-state index < -0.39 is 5.76 Å². The third kappa shape index (κ3) is 3.53. The molecule has 27 heavy (non-hydrogen) atoms. The quantitative estimate of drug-likeness (QED) is 0.731. The van der Waals surface area contributed by atoms with Gasteiger partial charge >= 0.3 is 11.8 Å². The van der Waals surface area contributed by atoms with Crippen molar-refractivity contribution in [3.63, 3.8) is 0 Å². The van der Waals surface area contributed by atoms with Crippen LogP contribution in [0.15, 0.2) is 39.8 Å². The van der Waals surface area contributed by atoms with Crippen LogP contribution in [0.25, 0.3) is 11.1 Å². The molecule has 4 rings (SSSR count). The van der Waals surface area contributed by atoms with Gasteiger partial charge in [-0.2, -0.15) is 5.10 Å². The number of fused-ring (bicyclic) bond motifs is 1. The average molecular weight is 370 g/mol. The molecule has 1 aromatic carbocycles. The fraction of sp³-hybridized carbons (Fsp3) is 0.389. The number of aromatic nitrogens is 3. The smallest absolute Gasteiger partial charge is 0.408 e. The standard InChI is InChI=1S/C18H22N6O3/c1-22-11-14(9-19-22)24-7-3-4-13(10-24)21-17(25)20-12-5-6-15-16(8-12)27-18(26)23(15)2/h5-6,8-9,11,13H,3-4,7,10H2,1-2H3,(H2,20,21,25). The number of piperidine rings is 1. The van der Waals surface area contributed by atoms with Gasteiger partial charge in [-0.15, -0.1) is 0 Å². The number of nitrogens with zero attached hydrogens (tertiary/aromatic N) is 4. The van der Waals surface area contributed by atoms with E-state index in [0.717, 1.165) is 31.6 Å². The summed E-state index contributed by atoms with van der Waals surface area (Å²) in [4.78, 5) is 26.2. The lowest BCUT2D eigenvalue weighted by atomic mass is 10.1. The van der Waals surface area contributed by atoms with Crippen molar-refractivity contribution in [1.82, 2.24) is 19.7 Å². The summed E-state index contributed by atoms with van der Waals surface area (Å²) in [6.45, 7) is 1.70. The molecule has 0 aliphatic carbocycles. The molecule has 1 atom stereocenters. The maximum Gasteiger partial charge on any atom is 0.419 e. The van der Waals surface area contributed by atoms with E-state index in [1.165, 1.54) is 4.57 Å². The first-order valence-corrected chi connectivity index (χ1v) is 8.90. The van der Waals surface area contributed by atoms with Gasteiger partial charge in [-0.05, 0) is 25.0 Å². The topological polar surface area (TPSA) is 97.3 Å². The van der Waals surface area contributed by atoms with Gasteiger partial charge in [-0.3, -0.25) is 9.25 Å². The zero-order valence-electron chi connectivity index (χ0n) is 15.3.